The van der Waals surface area contributed by atoms with Crippen LogP contribution in [0, 0.1) is 11.7 Å². The minimum absolute atomic E-state index is 0.130. The minimum Gasteiger partial charge on any atom is -0.461 e. The number of fused-ring (bicyclic) bond motifs is 1. The van der Waals surface area contributed by atoms with Crippen LogP contribution < -0.4 is 0 Å². The van der Waals surface area contributed by atoms with Crippen molar-refractivity contribution in [3.8, 4) is 0 Å². The van der Waals surface area contributed by atoms with Gasteiger partial charge in [0.25, 0.3) is 0 Å². The lowest BCUT2D eigenvalue weighted by molar-refractivity contribution is 0.232. The Bertz CT molecular complexity index is 462. The quantitative estimate of drug-likeness (QED) is 0.841. The van der Waals surface area contributed by atoms with E-state index in [4.69, 9.17) is 9.52 Å². The van der Waals surface area contributed by atoms with E-state index in [2.05, 4.69) is 0 Å². The Morgan fingerprint density at radius 3 is 2.93 bits per heavy atom. The van der Waals surface area contributed by atoms with Crippen molar-refractivity contribution in [3.05, 3.63) is 35.8 Å². The smallest absolute Gasteiger partial charge is 0.134 e. The number of aliphatic hydroxyl groups excluding tert-OH is 1. The maximum atomic E-state index is 12.9. The molecule has 3 heteroatoms. The number of halogens is 1. The Balaban J connectivity index is 2.30. The molecule has 1 aromatic carbocycles. The fraction of sp³-hybridized carbons (Fsp3) is 0.333. The van der Waals surface area contributed by atoms with Crippen molar-refractivity contribution in [2.24, 2.45) is 5.92 Å². The summed E-state index contributed by atoms with van der Waals surface area (Å²) in [5.74, 6) is 0.692. The molecule has 1 unspecified atom stereocenters. The van der Waals surface area contributed by atoms with E-state index in [1.165, 1.54) is 12.1 Å². The minimum atomic E-state index is -0.259. The lowest BCUT2D eigenvalue weighted by Gasteiger charge is -2.02. The molecule has 1 heterocycles. The average Bonchev–Trinajstić information content (AvgIpc) is 2.59. The molecule has 0 fully saturated rings. The highest BCUT2D eigenvalue weighted by Crippen LogP contribution is 2.22. The molecule has 80 valence electrons. The molecule has 0 amide bonds. The van der Waals surface area contributed by atoms with Crippen molar-refractivity contribution in [3.63, 3.8) is 0 Å². The molecule has 1 N–H and O–H groups in total. The molecule has 2 nitrogen and oxygen atoms in total. The van der Waals surface area contributed by atoms with Gasteiger partial charge in [-0.05, 0) is 30.2 Å². The largest absolute Gasteiger partial charge is 0.461 e. The van der Waals surface area contributed by atoms with Gasteiger partial charge < -0.3 is 9.52 Å². The summed E-state index contributed by atoms with van der Waals surface area (Å²) in [6.45, 7) is 2.07. The normalized spacial score (nSPS) is 13.3. The molecular weight excluding hydrogens is 195 g/mol. The first-order valence-electron chi connectivity index (χ1n) is 4.98. The van der Waals surface area contributed by atoms with Crippen molar-refractivity contribution < 1.29 is 13.9 Å². The number of furan rings is 1. The Hall–Kier alpha value is -1.35. The molecule has 0 saturated heterocycles. The van der Waals surface area contributed by atoms with E-state index in [0.717, 1.165) is 11.1 Å². The van der Waals surface area contributed by atoms with Crippen LogP contribution in [-0.2, 0) is 6.42 Å². The predicted octanol–water partition coefficient (Wildman–Crippen LogP) is 2.74. The summed E-state index contributed by atoms with van der Waals surface area (Å²) in [4.78, 5) is 0. The van der Waals surface area contributed by atoms with E-state index in [1.807, 2.05) is 13.0 Å². The number of rotatable bonds is 3. The molecule has 0 bridgehead atoms. The molecule has 1 aromatic heterocycles. The van der Waals surface area contributed by atoms with Gasteiger partial charge in [0.2, 0.25) is 0 Å². The SMILES string of the molecule is CC(CO)Cc1cc2cc(F)ccc2o1. The van der Waals surface area contributed by atoms with Gasteiger partial charge in [0.1, 0.15) is 17.2 Å². The zero-order chi connectivity index (χ0) is 10.8. The van der Waals surface area contributed by atoms with Gasteiger partial charge in [0.15, 0.2) is 0 Å². The monoisotopic (exact) mass is 208 g/mol. The first-order chi connectivity index (χ1) is 7.19. The Kier molecular flexibility index (Phi) is 2.73. The summed E-state index contributed by atoms with van der Waals surface area (Å²) >= 11 is 0. The van der Waals surface area contributed by atoms with Crippen LogP contribution in [0.5, 0.6) is 0 Å². The van der Waals surface area contributed by atoms with E-state index >= 15 is 0 Å². The maximum absolute atomic E-state index is 12.9. The number of aliphatic hydroxyl groups is 1. The zero-order valence-corrected chi connectivity index (χ0v) is 8.53. The summed E-state index contributed by atoms with van der Waals surface area (Å²) in [7, 11) is 0. The third kappa shape index (κ3) is 2.18. The van der Waals surface area contributed by atoms with Gasteiger partial charge in [-0.3, -0.25) is 0 Å². The van der Waals surface area contributed by atoms with Crippen LogP contribution in [0.25, 0.3) is 11.0 Å². The van der Waals surface area contributed by atoms with Crippen molar-refractivity contribution in [2.45, 2.75) is 13.3 Å². The summed E-state index contributed by atoms with van der Waals surface area (Å²) in [5.41, 5.74) is 0.691. The number of hydrogen-bond acceptors (Lipinski definition) is 2. The van der Waals surface area contributed by atoms with Crippen LogP contribution >= 0.6 is 0 Å². The van der Waals surface area contributed by atoms with Crippen LogP contribution in [0.3, 0.4) is 0 Å². The molecule has 0 aliphatic rings. The van der Waals surface area contributed by atoms with Crippen LogP contribution in [-0.4, -0.2) is 11.7 Å². The van der Waals surface area contributed by atoms with Crippen LogP contribution in [0.4, 0.5) is 4.39 Å². The highest BCUT2D eigenvalue weighted by Gasteiger charge is 2.08. The molecule has 2 rings (SSSR count). The zero-order valence-electron chi connectivity index (χ0n) is 8.53. The van der Waals surface area contributed by atoms with Crippen LogP contribution in [0.1, 0.15) is 12.7 Å². The number of benzene rings is 1. The second-order valence-corrected chi connectivity index (χ2v) is 3.89. The fourth-order valence-corrected chi connectivity index (χ4v) is 1.58. The summed E-state index contributed by atoms with van der Waals surface area (Å²) < 4.78 is 18.4. The molecule has 0 saturated carbocycles. The van der Waals surface area contributed by atoms with Gasteiger partial charge in [0, 0.05) is 18.4 Å². The summed E-state index contributed by atoms with van der Waals surface area (Å²) in [6.07, 6.45) is 0.673. The Morgan fingerprint density at radius 1 is 1.40 bits per heavy atom. The van der Waals surface area contributed by atoms with Crippen molar-refractivity contribution in [1.82, 2.24) is 0 Å². The van der Waals surface area contributed by atoms with E-state index in [0.29, 0.717) is 12.0 Å². The van der Waals surface area contributed by atoms with E-state index in [9.17, 15) is 4.39 Å². The van der Waals surface area contributed by atoms with Crippen molar-refractivity contribution >= 4 is 11.0 Å². The Morgan fingerprint density at radius 2 is 2.20 bits per heavy atom. The molecule has 15 heavy (non-hydrogen) atoms. The second-order valence-electron chi connectivity index (χ2n) is 3.89. The van der Waals surface area contributed by atoms with Crippen LogP contribution in [0.2, 0.25) is 0 Å². The van der Waals surface area contributed by atoms with Gasteiger partial charge >= 0.3 is 0 Å². The third-order valence-corrected chi connectivity index (χ3v) is 2.39. The molecule has 1 atom stereocenters. The number of hydrogen-bond donors (Lipinski definition) is 1. The van der Waals surface area contributed by atoms with Gasteiger partial charge in [-0.2, -0.15) is 0 Å². The first-order valence-corrected chi connectivity index (χ1v) is 4.98. The highest BCUT2D eigenvalue weighted by molar-refractivity contribution is 5.77. The fourth-order valence-electron chi connectivity index (χ4n) is 1.58. The average molecular weight is 208 g/mol. The molecule has 0 spiro atoms. The molecule has 2 aromatic rings. The lowest BCUT2D eigenvalue weighted by Crippen LogP contribution is -2.03. The van der Waals surface area contributed by atoms with E-state index in [1.54, 1.807) is 6.07 Å². The molecular formula is C12H13FO2. The topological polar surface area (TPSA) is 33.4 Å². The highest BCUT2D eigenvalue weighted by atomic mass is 19.1. The van der Waals surface area contributed by atoms with Crippen molar-refractivity contribution in [1.29, 1.82) is 0 Å². The van der Waals surface area contributed by atoms with E-state index < -0.39 is 0 Å². The third-order valence-electron chi connectivity index (χ3n) is 2.39. The van der Waals surface area contributed by atoms with Crippen molar-refractivity contribution in [2.75, 3.05) is 6.61 Å². The maximum Gasteiger partial charge on any atom is 0.134 e. The molecule has 0 aliphatic heterocycles. The van der Waals surface area contributed by atoms with E-state index in [-0.39, 0.29) is 18.3 Å². The standard InChI is InChI=1S/C12H13FO2/c1-8(7-14)4-11-6-9-5-10(13)2-3-12(9)15-11/h2-3,5-6,8,14H,4,7H2,1H3. The summed E-state index contributed by atoms with van der Waals surface area (Å²) in [5, 5.41) is 9.69. The first kappa shape index (κ1) is 10.2. The van der Waals surface area contributed by atoms with Crippen LogP contribution in [0.15, 0.2) is 28.7 Å². The van der Waals surface area contributed by atoms with Gasteiger partial charge in [-0.15, -0.1) is 0 Å². The lowest BCUT2D eigenvalue weighted by atomic mass is 10.1. The molecule has 0 radical (unpaired) electrons. The van der Waals surface area contributed by atoms with Gasteiger partial charge in [-0.25, -0.2) is 4.39 Å². The van der Waals surface area contributed by atoms with Gasteiger partial charge in [-0.1, -0.05) is 6.92 Å². The summed E-state index contributed by atoms with van der Waals surface area (Å²) in [6, 6.07) is 6.28. The predicted molar refractivity (Wildman–Crippen MR) is 56.1 cm³/mol. The van der Waals surface area contributed by atoms with Gasteiger partial charge in [0.05, 0.1) is 0 Å². The Labute approximate surface area is 87.3 Å². The second kappa shape index (κ2) is 4.03. The molecule has 0 aliphatic carbocycles.